The highest BCUT2D eigenvalue weighted by Gasteiger charge is 2.14. The fourth-order valence-electron chi connectivity index (χ4n) is 1.90. The topological polar surface area (TPSA) is 38.0 Å². The van der Waals surface area contributed by atoms with E-state index in [1.54, 1.807) is 4.68 Å². The lowest BCUT2D eigenvalue weighted by Crippen LogP contribution is -1.98. The molecule has 0 saturated heterocycles. The number of hydrogen-bond acceptors (Lipinski definition) is 2. The molecule has 0 atom stereocenters. The van der Waals surface area contributed by atoms with Gasteiger partial charge in [0.25, 0.3) is 0 Å². The Labute approximate surface area is 102 Å². The molecule has 0 saturated carbocycles. The quantitative estimate of drug-likeness (QED) is 0.878. The van der Waals surface area contributed by atoms with Gasteiger partial charge in [0.05, 0.1) is 5.69 Å². The number of rotatable bonds is 3. The van der Waals surface area contributed by atoms with Crippen LogP contribution in [0.2, 0.25) is 0 Å². The van der Waals surface area contributed by atoms with Crippen LogP contribution >= 0.6 is 0 Å². The van der Waals surface area contributed by atoms with E-state index in [9.17, 15) is 5.11 Å². The van der Waals surface area contributed by atoms with Crippen LogP contribution < -0.4 is 0 Å². The number of nitrogens with zero attached hydrogens (tertiary/aromatic N) is 2. The van der Waals surface area contributed by atoms with Crippen LogP contribution in [-0.2, 0) is 6.54 Å². The van der Waals surface area contributed by atoms with Crippen LogP contribution in [-0.4, -0.2) is 14.9 Å². The highest BCUT2D eigenvalue weighted by Crippen LogP contribution is 2.28. The molecule has 0 amide bonds. The van der Waals surface area contributed by atoms with Crippen molar-refractivity contribution >= 4 is 0 Å². The lowest BCUT2D eigenvalue weighted by atomic mass is 10.1. The Bertz CT molecular complexity index is 512. The van der Waals surface area contributed by atoms with Crippen molar-refractivity contribution in [3.8, 4) is 17.1 Å². The minimum atomic E-state index is 0.280. The third kappa shape index (κ3) is 2.18. The minimum Gasteiger partial charge on any atom is -0.493 e. The number of aromatic nitrogens is 2. The Kier molecular flexibility index (Phi) is 3.18. The summed E-state index contributed by atoms with van der Waals surface area (Å²) in [6.45, 7) is 6.79. The fraction of sp³-hybridized carbons (Fsp3) is 0.357. The van der Waals surface area contributed by atoms with Crippen molar-refractivity contribution in [1.29, 1.82) is 0 Å². The van der Waals surface area contributed by atoms with E-state index in [2.05, 4.69) is 31.1 Å². The van der Waals surface area contributed by atoms with Gasteiger partial charge in [-0.15, -0.1) is 0 Å². The van der Waals surface area contributed by atoms with E-state index in [4.69, 9.17) is 0 Å². The van der Waals surface area contributed by atoms with Gasteiger partial charge in [-0.3, -0.25) is 0 Å². The van der Waals surface area contributed by atoms with E-state index in [0.29, 0.717) is 0 Å². The molecule has 0 aliphatic heterocycles. The fourth-order valence-corrected chi connectivity index (χ4v) is 1.90. The standard InChI is InChI=1S/C14H18N2O/c1-4-9-16-14(17)11(3)13(15-16)12-7-5-10(2)6-8-12/h5-8,17H,4,9H2,1-3H3. The van der Waals surface area contributed by atoms with Crippen molar-refractivity contribution in [2.24, 2.45) is 0 Å². The van der Waals surface area contributed by atoms with Crippen LogP contribution in [0.25, 0.3) is 11.3 Å². The Morgan fingerprint density at radius 3 is 2.41 bits per heavy atom. The first-order valence-electron chi connectivity index (χ1n) is 5.97. The third-order valence-electron chi connectivity index (χ3n) is 2.92. The van der Waals surface area contributed by atoms with Gasteiger partial charge in [0.2, 0.25) is 5.88 Å². The van der Waals surface area contributed by atoms with Gasteiger partial charge in [-0.2, -0.15) is 5.10 Å². The largest absolute Gasteiger partial charge is 0.493 e. The number of aromatic hydroxyl groups is 1. The van der Waals surface area contributed by atoms with E-state index in [-0.39, 0.29) is 5.88 Å². The van der Waals surface area contributed by atoms with Crippen molar-refractivity contribution in [3.63, 3.8) is 0 Å². The van der Waals surface area contributed by atoms with E-state index in [1.807, 2.05) is 19.1 Å². The summed E-state index contributed by atoms with van der Waals surface area (Å²) in [6, 6.07) is 8.20. The second-order valence-corrected chi connectivity index (χ2v) is 4.39. The third-order valence-corrected chi connectivity index (χ3v) is 2.92. The molecule has 1 aromatic heterocycles. The molecule has 1 aromatic carbocycles. The van der Waals surface area contributed by atoms with Gasteiger partial charge in [0.1, 0.15) is 0 Å². The molecule has 17 heavy (non-hydrogen) atoms. The zero-order valence-electron chi connectivity index (χ0n) is 10.6. The predicted octanol–water partition coefficient (Wildman–Crippen LogP) is 3.28. The molecule has 2 rings (SSSR count). The van der Waals surface area contributed by atoms with Gasteiger partial charge in [-0.05, 0) is 20.3 Å². The molecule has 90 valence electrons. The van der Waals surface area contributed by atoms with E-state index in [0.717, 1.165) is 29.8 Å². The summed E-state index contributed by atoms with van der Waals surface area (Å²) < 4.78 is 1.67. The summed E-state index contributed by atoms with van der Waals surface area (Å²) >= 11 is 0. The maximum absolute atomic E-state index is 9.97. The van der Waals surface area contributed by atoms with Gasteiger partial charge in [-0.25, -0.2) is 4.68 Å². The van der Waals surface area contributed by atoms with Gasteiger partial charge in [0, 0.05) is 17.7 Å². The maximum Gasteiger partial charge on any atom is 0.212 e. The molecule has 0 aliphatic rings. The molecular formula is C14H18N2O. The summed E-state index contributed by atoms with van der Waals surface area (Å²) in [5.74, 6) is 0.280. The lowest BCUT2D eigenvalue weighted by Gasteiger charge is -1.99. The first kappa shape index (κ1) is 11.7. The van der Waals surface area contributed by atoms with Crippen LogP contribution in [0.4, 0.5) is 0 Å². The van der Waals surface area contributed by atoms with Crippen LogP contribution in [0, 0.1) is 13.8 Å². The molecule has 0 unspecified atom stereocenters. The Morgan fingerprint density at radius 2 is 1.82 bits per heavy atom. The SMILES string of the molecule is CCCn1nc(-c2ccc(C)cc2)c(C)c1O. The predicted molar refractivity (Wildman–Crippen MR) is 69.1 cm³/mol. The molecule has 0 bridgehead atoms. The molecule has 0 radical (unpaired) electrons. The minimum absolute atomic E-state index is 0.280. The summed E-state index contributed by atoms with van der Waals surface area (Å²) in [6.07, 6.45) is 0.960. The van der Waals surface area contributed by atoms with Crippen LogP contribution in [0.5, 0.6) is 5.88 Å². The second-order valence-electron chi connectivity index (χ2n) is 4.39. The summed E-state index contributed by atoms with van der Waals surface area (Å²) in [7, 11) is 0. The number of benzene rings is 1. The van der Waals surface area contributed by atoms with Crippen molar-refractivity contribution in [2.75, 3.05) is 0 Å². The maximum atomic E-state index is 9.97. The summed E-state index contributed by atoms with van der Waals surface area (Å²) in [4.78, 5) is 0. The highest BCUT2D eigenvalue weighted by molar-refractivity contribution is 5.65. The zero-order valence-corrected chi connectivity index (χ0v) is 10.6. The van der Waals surface area contributed by atoms with Crippen molar-refractivity contribution in [1.82, 2.24) is 9.78 Å². The van der Waals surface area contributed by atoms with Crippen LogP contribution in [0.1, 0.15) is 24.5 Å². The molecule has 0 spiro atoms. The van der Waals surface area contributed by atoms with Gasteiger partial charge in [0.15, 0.2) is 0 Å². The van der Waals surface area contributed by atoms with E-state index >= 15 is 0 Å². The normalized spacial score (nSPS) is 10.8. The van der Waals surface area contributed by atoms with Crippen LogP contribution in [0.3, 0.4) is 0 Å². The number of aryl methyl sites for hydroxylation is 2. The molecule has 1 N–H and O–H groups in total. The molecular weight excluding hydrogens is 212 g/mol. The molecule has 0 fully saturated rings. The van der Waals surface area contributed by atoms with Gasteiger partial charge in [-0.1, -0.05) is 36.8 Å². The van der Waals surface area contributed by atoms with E-state index < -0.39 is 0 Å². The average molecular weight is 230 g/mol. The summed E-state index contributed by atoms with van der Waals surface area (Å²) in [5, 5.41) is 14.4. The second kappa shape index (κ2) is 4.62. The van der Waals surface area contributed by atoms with Crippen molar-refractivity contribution in [2.45, 2.75) is 33.7 Å². The number of hydrogen-bond donors (Lipinski definition) is 1. The molecule has 3 heteroatoms. The highest BCUT2D eigenvalue weighted by atomic mass is 16.3. The van der Waals surface area contributed by atoms with Crippen molar-refractivity contribution in [3.05, 3.63) is 35.4 Å². The molecule has 1 heterocycles. The first-order valence-corrected chi connectivity index (χ1v) is 5.97. The molecule has 2 aromatic rings. The summed E-state index contributed by atoms with van der Waals surface area (Å²) in [5.41, 5.74) is 4.00. The van der Waals surface area contributed by atoms with Crippen LogP contribution in [0.15, 0.2) is 24.3 Å². The van der Waals surface area contributed by atoms with Gasteiger partial charge < -0.3 is 5.11 Å². The van der Waals surface area contributed by atoms with Gasteiger partial charge >= 0.3 is 0 Å². The molecule has 3 nitrogen and oxygen atoms in total. The Hall–Kier alpha value is -1.77. The first-order chi connectivity index (χ1) is 8.13. The zero-order chi connectivity index (χ0) is 12.4. The smallest absolute Gasteiger partial charge is 0.212 e. The van der Waals surface area contributed by atoms with Crippen molar-refractivity contribution < 1.29 is 5.11 Å². The molecule has 0 aliphatic carbocycles. The lowest BCUT2D eigenvalue weighted by molar-refractivity contribution is 0.394. The Balaban J connectivity index is 2.45. The average Bonchev–Trinajstić information content (AvgIpc) is 2.59. The monoisotopic (exact) mass is 230 g/mol. The van der Waals surface area contributed by atoms with E-state index in [1.165, 1.54) is 5.56 Å². The Morgan fingerprint density at radius 1 is 1.18 bits per heavy atom.